The fourth-order valence-corrected chi connectivity index (χ4v) is 2.11. The van der Waals surface area contributed by atoms with Crippen LogP contribution in [-0.2, 0) is 9.53 Å². The highest BCUT2D eigenvalue weighted by atomic mass is 79.9. The van der Waals surface area contributed by atoms with Crippen LogP contribution >= 0.6 is 15.9 Å². The number of hydrogen-bond donors (Lipinski definition) is 2. The Morgan fingerprint density at radius 2 is 2.28 bits per heavy atom. The van der Waals surface area contributed by atoms with Gasteiger partial charge in [0.05, 0.1) is 13.2 Å². The molecule has 1 aromatic carbocycles. The van der Waals surface area contributed by atoms with E-state index in [2.05, 4.69) is 26.0 Å². The molecule has 0 aliphatic heterocycles. The molecule has 0 bridgehead atoms. The Labute approximate surface area is 115 Å². The van der Waals surface area contributed by atoms with E-state index in [1.807, 2.05) is 25.1 Å². The van der Waals surface area contributed by atoms with Gasteiger partial charge in [0.2, 0.25) is 0 Å². The monoisotopic (exact) mass is 315 g/mol. The fraction of sp³-hybridized carbons (Fsp3) is 0.462. The molecule has 0 saturated carbocycles. The summed E-state index contributed by atoms with van der Waals surface area (Å²) in [5, 5.41) is 12.8. The number of carbonyl (C=O) groups excluding carboxylic acids is 1. The van der Waals surface area contributed by atoms with Crippen LogP contribution in [0.15, 0.2) is 22.7 Å². The number of halogens is 1. The molecule has 1 rings (SSSR count). The molecule has 18 heavy (non-hydrogen) atoms. The van der Waals surface area contributed by atoms with Crippen molar-refractivity contribution in [2.24, 2.45) is 0 Å². The van der Waals surface area contributed by atoms with E-state index in [1.54, 1.807) is 0 Å². The molecule has 0 saturated heterocycles. The summed E-state index contributed by atoms with van der Waals surface area (Å²) in [5.41, 5.74) is 2.09. The SMILES string of the molecule is COC(=O)CCC(O)CNc1ccc(C)cc1Br. The fourth-order valence-electron chi connectivity index (χ4n) is 1.48. The second-order valence-corrected chi connectivity index (χ2v) is 4.99. The molecule has 0 radical (unpaired) electrons. The maximum absolute atomic E-state index is 10.9. The van der Waals surface area contributed by atoms with Gasteiger partial charge in [0.15, 0.2) is 0 Å². The van der Waals surface area contributed by atoms with Gasteiger partial charge in [-0.05, 0) is 47.0 Å². The van der Waals surface area contributed by atoms with Crippen LogP contribution in [0.2, 0.25) is 0 Å². The van der Waals surface area contributed by atoms with Crippen LogP contribution < -0.4 is 5.32 Å². The van der Waals surface area contributed by atoms with Gasteiger partial charge in [-0.25, -0.2) is 0 Å². The van der Waals surface area contributed by atoms with E-state index in [0.29, 0.717) is 13.0 Å². The number of ether oxygens (including phenoxy) is 1. The summed E-state index contributed by atoms with van der Waals surface area (Å²) in [7, 11) is 1.34. The Hall–Kier alpha value is -1.07. The molecule has 4 nitrogen and oxygen atoms in total. The molecule has 1 atom stereocenters. The molecule has 100 valence electrons. The van der Waals surface area contributed by atoms with Crippen molar-refractivity contribution in [2.45, 2.75) is 25.9 Å². The van der Waals surface area contributed by atoms with Crippen molar-refractivity contribution >= 4 is 27.6 Å². The predicted molar refractivity (Wildman–Crippen MR) is 74.6 cm³/mol. The first-order chi connectivity index (χ1) is 8.52. The third-order valence-electron chi connectivity index (χ3n) is 2.56. The zero-order chi connectivity index (χ0) is 13.5. The molecular weight excluding hydrogens is 298 g/mol. The van der Waals surface area contributed by atoms with E-state index >= 15 is 0 Å². The molecule has 0 aliphatic rings. The number of esters is 1. The smallest absolute Gasteiger partial charge is 0.305 e. The average molecular weight is 316 g/mol. The molecule has 0 heterocycles. The van der Waals surface area contributed by atoms with Gasteiger partial charge in [0, 0.05) is 23.1 Å². The van der Waals surface area contributed by atoms with Gasteiger partial charge in [-0.1, -0.05) is 6.07 Å². The lowest BCUT2D eigenvalue weighted by Gasteiger charge is -2.13. The van der Waals surface area contributed by atoms with Gasteiger partial charge >= 0.3 is 5.97 Å². The molecule has 0 spiro atoms. The van der Waals surface area contributed by atoms with Gasteiger partial charge < -0.3 is 15.2 Å². The maximum Gasteiger partial charge on any atom is 0.305 e. The van der Waals surface area contributed by atoms with Crippen molar-refractivity contribution in [3.63, 3.8) is 0 Å². The molecule has 2 N–H and O–H groups in total. The van der Waals surface area contributed by atoms with Crippen LogP contribution in [0.3, 0.4) is 0 Å². The summed E-state index contributed by atoms with van der Waals surface area (Å²) in [5.74, 6) is -0.300. The lowest BCUT2D eigenvalue weighted by Crippen LogP contribution is -2.20. The lowest BCUT2D eigenvalue weighted by molar-refractivity contribution is -0.141. The normalized spacial score (nSPS) is 12.0. The van der Waals surface area contributed by atoms with Crippen molar-refractivity contribution in [1.82, 2.24) is 0 Å². The number of carbonyl (C=O) groups is 1. The van der Waals surface area contributed by atoms with Crippen molar-refractivity contribution < 1.29 is 14.6 Å². The standard InChI is InChI=1S/C13H18BrNO3/c1-9-3-5-12(11(14)7-9)15-8-10(16)4-6-13(17)18-2/h3,5,7,10,15-16H,4,6,8H2,1-2H3. The number of methoxy groups -OCH3 is 1. The number of benzene rings is 1. The van der Waals surface area contributed by atoms with Crippen molar-refractivity contribution in [1.29, 1.82) is 0 Å². The minimum Gasteiger partial charge on any atom is -0.469 e. The molecule has 0 fully saturated rings. The van der Waals surface area contributed by atoms with Crippen LogP contribution in [-0.4, -0.2) is 30.8 Å². The first kappa shape index (κ1) is 15.0. The Balaban J connectivity index is 2.38. The van der Waals surface area contributed by atoms with Crippen LogP contribution in [0.4, 0.5) is 5.69 Å². The molecular formula is C13H18BrNO3. The van der Waals surface area contributed by atoms with Crippen molar-refractivity contribution in [3.8, 4) is 0 Å². The van der Waals surface area contributed by atoms with E-state index in [0.717, 1.165) is 10.2 Å². The van der Waals surface area contributed by atoms with Crippen LogP contribution in [0.5, 0.6) is 0 Å². The van der Waals surface area contributed by atoms with Crippen LogP contribution in [0.25, 0.3) is 0 Å². The molecule has 5 heteroatoms. The van der Waals surface area contributed by atoms with Crippen LogP contribution in [0, 0.1) is 6.92 Å². The minimum atomic E-state index is -0.572. The number of nitrogens with one attached hydrogen (secondary N) is 1. The zero-order valence-electron chi connectivity index (χ0n) is 10.6. The summed E-state index contributed by atoms with van der Waals surface area (Å²) in [4.78, 5) is 10.9. The molecule has 1 unspecified atom stereocenters. The third kappa shape index (κ3) is 5.06. The summed E-state index contributed by atoms with van der Waals surface area (Å²) in [6.07, 6.45) is 0.0506. The third-order valence-corrected chi connectivity index (χ3v) is 3.22. The summed E-state index contributed by atoms with van der Waals surface area (Å²) < 4.78 is 5.48. The molecule has 0 amide bonds. The number of hydrogen-bond acceptors (Lipinski definition) is 4. The number of anilines is 1. The maximum atomic E-state index is 10.9. The first-order valence-electron chi connectivity index (χ1n) is 5.78. The highest BCUT2D eigenvalue weighted by Crippen LogP contribution is 2.23. The quantitative estimate of drug-likeness (QED) is 0.792. The van der Waals surface area contributed by atoms with E-state index in [9.17, 15) is 9.90 Å². The number of aliphatic hydroxyl groups is 1. The Kier molecular flexibility index (Phi) is 6.15. The number of aryl methyl sites for hydroxylation is 1. The average Bonchev–Trinajstić information content (AvgIpc) is 2.34. The first-order valence-corrected chi connectivity index (χ1v) is 6.57. The van der Waals surface area contributed by atoms with Gasteiger partial charge in [0.1, 0.15) is 0 Å². The van der Waals surface area contributed by atoms with Gasteiger partial charge in [-0.3, -0.25) is 4.79 Å². The Bertz CT molecular complexity index is 409. The van der Waals surface area contributed by atoms with Gasteiger partial charge in [0.25, 0.3) is 0 Å². The largest absolute Gasteiger partial charge is 0.469 e. The summed E-state index contributed by atoms with van der Waals surface area (Å²) in [6.45, 7) is 2.42. The van der Waals surface area contributed by atoms with Crippen LogP contribution in [0.1, 0.15) is 18.4 Å². The van der Waals surface area contributed by atoms with Gasteiger partial charge in [-0.2, -0.15) is 0 Å². The minimum absolute atomic E-state index is 0.231. The number of aliphatic hydroxyl groups excluding tert-OH is 1. The van der Waals surface area contributed by atoms with Crippen molar-refractivity contribution in [3.05, 3.63) is 28.2 Å². The van der Waals surface area contributed by atoms with E-state index in [1.165, 1.54) is 12.7 Å². The zero-order valence-corrected chi connectivity index (χ0v) is 12.2. The number of rotatable bonds is 6. The highest BCUT2D eigenvalue weighted by Gasteiger charge is 2.09. The Morgan fingerprint density at radius 1 is 1.56 bits per heavy atom. The van der Waals surface area contributed by atoms with E-state index in [4.69, 9.17) is 0 Å². The van der Waals surface area contributed by atoms with Gasteiger partial charge in [-0.15, -0.1) is 0 Å². The lowest BCUT2D eigenvalue weighted by atomic mass is 10.2. The molecule has 0 aliphatic carbocycles. The van der Waals surface area contributed by atoms with Crippen molar-refractivity contribution in [2.75, 3.05) is 19.0 Å². The topological polar surface area (TPSA) is 58.6 Å². The molecule has 0 aromatic heterocycles. The summed E-state index contributed by atoms with van der Waals surface area (Å²) >= 11 is 3.45. The van der Waals surface area contributed by atoms with E-state index in [-0.39, 0.29) is 12.4 Å². The Morgan fingerprint density at radius 3 is 2.89 bits per heavy atom. The van der Waals surface area contributed by atoms with E-state index < -0.39 is 6.10 Å². The highest BCUT2D eigenvalue weighted by molar-refractivity contribution is 9.10. The summed E-state index contributed by atoms with van der Waals surface area (Å²) in [6, 6.07) is 5.95. The second kappa shape index (κ2) is 7.38. The second-order valence-electron chi connectivity index (χ2n) is 4.13. The predicted octanol–water partition coefficient (Wildman–Crippen LogP) is 2.48. The molecule has 1 aromatic rings.